The van der Waals surface area contributed by atoms with Gasteiger partial charge in [-0.05, 0) is 29.7 Å². The number of ether oxygens (including phenoxy) is 2. The Balaban J connectivity index is 2.44. The number of benzene rings is 2. The minimum absolute atomic E-state index is 0.0419. The Morgan fingerprint density at radius 3 is 2.33 bits per heavy atom. The van der Waals surface area contributed by atoms with Gasteiger partial charge in [0.25, 0.3) is 0 Å². The van der Waals surface area contributed by atoms with E-state index >= 15 is 0 Å². The van der Waals surface area contributed by atoms with Crippen LogP contribution in [0.25, 0.3) is 0 Å². The van der Waals surface area contributed by atoms with Crippen molar-refractivity contribution in [1.29, 1.82) is 0 Å². The molecule has 0 unspecified atom stereocenters. The van der Waals surface area contributed by atoms with E-state index in [1.807, 2.05) is 42.5 Å². The second kappa shape index (κ2) is 6.40. The van der Waals surface area contributed by atoms with Crippen LogP contribution in [0.3, 0.4) is 0 Å². The van der Waals surface area contributed by atoms with Crippen LogP contribution in [0, 0.1) is 0 Å². The summed E-state index contributed by atoms with van der Waals surface area (Å²) in [7, 11) is 1.67. The fourth-order valence-corrected chi connectivity index (χ4v) is 2.36. The van der Waals surface area contributed by atoms with Gasteiger partial charge in [0.15, 0.2) is 0 Å². The molecule has 21 heavy (non-hydrogen) atoms. The third-order valence-electron chi connectivity index (χ3n) is 3.33. The molecule has 2 rings (SSSR count). The van der Waals surface area contributed by atoms with E-state index in [4.69, 9.17) is 21.1 Å². The highest BCUT2D eigenvalue weighted by Crippen LogP contribution is 2.37. The fraction of sp³-hybridized carbons (Fsp3) is 0.333. The van der Waals surface area contributed by atoms with Crippen LogP contribution >= 0.6 is 11.6 Å². The predicted molar refractivity (Wildman–Crippen MR) is 87.8 cm³/mol. The van der Waals surface area contributed by atoms with Gasteiger partial charge in [0.1, 0.15) is 17.2 Å². The van der Waals surface area contributed by atoms with Crippen LogP contribution in [-0.2, 0) is 11.3 Å². The topological polar surface area (TPSA) is 18.5 Å². The van der Waals surface area contributed by atoms with Gasteiger partial charge in [0.05, 0.1) is 13.0 Å². The van der Waals surface area contributed by atoms with Crippen molar-refractivity contribution in [2.45, 2.75) is 32.1 Å². The smallest absolute Gasteiger partial charge is 0.131 e. The molecule has 0 N–H and O–H groups in total. The van der Waals surface area contributed by atoms with Gasteiger partial charge >= 0.3 is 0 Å². The van der Waals surface area contributed by atoms with E-state index in [2.05, 4.69) is 20.8 Å². The number of para-hydroxylation sites is 1. The Morgan fingerprint density at radius 1 is 1.00 bits per heavy atom. The normalized spacial score (nSPS) is 11.3. The SMILES string of the molecule is COc1ccc(Oc2ccccc2CCl)c(C(C)(C)C)c1. The molecular weight excluding hydrogens is 284 g/mol. The predicted octanol–water partition coefficient (Wildman–Crippen LogP) is 5.52. The maximum atomic E-state index is 6.12. The highest BCUT2D eigenvalue weighted by atomic mass is 35.5. The number of halogens is 1. The number of methoxy groups -OCH3 is 1. The van der Waals surface area contributed by atoms with Crippen molar-refractivity contribution >= 4 is 11.6 Å². The van der Waals surface area contributed by atoms with E-state index in [0.29, 0.717) is 5.88 Å². The van der Waals surface area contributed by atoms with Gasteiger partial charge in [0, 0.05) is 11.1 Å². The molecule has 0 atom stereocenters. The zero-order valence-electron chi connectivity index (χ0n) is 12.9. The van der Waals surface area contributed by atoms with E-state index in [-0.39, 0.29) is 5.41 Å². The van der Waals surface area contributed by atoms with Crippen LogP contribution < -0.4 is 9.47 Å². The molecule has 0 spiro atoms. The highest BCUT2D eigenvalue weighted by molar-refractivity contribution is 6.17. The van der Waals surface area contributed by atoms with Crippen molar-refractivity contribution in [3.63, 3.8) is 0 Å². The van der Waals surface area contributed by atoms with Crippen LogP contribution in [0.1, 0.15) is 31.9 Å². The summed E-state index contributed by atoms with van der Waals surface area (Å²) < 4.78 is 11.4. The zero-order valence-corrected chi connectivity index (χ0v) is 13.7. The third-order valence-corrected chi connectivity index (χ3v) is 3.62. The summed E-state index contributed by atoms with van der Waals surface area (Å²) in [4.78, 5) is 0. The lowest BCUT2D eigenvalue weighted by Gasteiger charge is -2.24. The van der Waals surface area contributed by atoms with Crippen LogP contribution in [0.4, 0.5) is 0 Å². The molecule has 0 radical (unpaired) electrons. The van der Waals surface area contributed by atoms with Gasteiger partial charge in [0.2, 0.25) is 0 Å². The number of hydrogen-bond acceptors (Lipinski definition) is 2. The number of rotatable bonds is 4. The van der Waals surface area contributed by atoms with Crippen molar-refractivity contribution in [2.75, 3.05) is 7.11 Å². The van der Waals surface area contributed by atoms with Crippen molar-refractivity contribution < 1.29 is 9.47 Å². The van der Waals surface area contributed by atoms with Crippen LogP contribution in [-0.4, -0.2) is 7.11 Å². The maximum absolute atomic E-state index is 6.12. The van der Waals surface area contributed by atoms with E-state index in [0.717, 1.165) is 28.4 Å². The average molecular weight is 305 g/mol. The Hall–Kier alpha value is -1.67. The van der Waals surface area contributed by atoms with Crippen LogP contribution in [0.2, 0.25) is 0 Å². The molecule has 0 saturated carbocycles. The summed E-state index contributed by atoms with van der Waals surface area (Å²) in [5, 5.41) is 0. The summed E-state index contributed by atoms with van der Waals surface area (Å²) in [5.41, 5.74) is 2.04. The molecule has 0 aliphatic carbocycles. The standard InChI is InChI=1S/C18H21ClO2/c1-18(2,3)15-11-14(20-4)9-10-17(15)21-16-8-6-5-7-13(16)12-19/h5-11H,12H2,1-4H3. The Kier molecular flexibility index (Phi) is 4.79. The lowest BCUT2D eigenvalue weighted by molar-refractivity contribution is 0.407. The van der Waals surface area contributed by atoms with E-state index in [1.54, 1.807) is 7.11 Å². The van der Waals surface area contributed by atoms with Gasteiger partial charge in [-0.15, -0.1) is 11.6 Å². The Bertz CT molecular complexity index is 615. The molecule has 0 aliphatic rings. The summed E-state index contributed by atoms with van der Waals surface area (Å²) in [6.07, 6.45) is 0. The van der Waals surface area contributed by atoms with Crippen LogP contribution in [0.15, 0.2) is 42.5 Å². The average Bonchev–Trinajstić information content (AvgIpc) is 2.47. The second-order valence-corrected chi connectivity index (χ2v) is 6.22. The van der Waals surface area contributed by atoms with Crippen LogP contribution in [0.5, 0.6) is 17.2 Å². The summed E-state index contributed by atoms with van der Waals surface area (Å²) >= 11 is 5.98. The molecule has 2 nitrogen and oxygen atoms in total. The summed E-state index contributed by atoms with van der Waals surface area (Å²) in [5.74, 6) is 2.89. The van der Waals surface area contributed by atoms with E-state index < -0.39 is 0 Å². The molecule has 0 aromatic heterocycles. The maximum Gasteiger partial charge on any atom is 0.131 e. The molecule has 0 heterocycles. The van der Waals surface area contributed by atoms with Gasteiger partial charge in [-0.1, -0.05) is 39.0 Å². The molecule has 112 valence electrons. The minimum Gasteiger partial charge on any atom is -0.497 e. The summed E-state index contributed by atoms with van der Waals surface area (Å²) in [6, 6.07) is 13.7. The molecule has 0 amide bonds. The number of alkyl halides is 1. The molecule has 0 bridgehead atoms. The van der Waals surface area contributed by atoms with Gasteiger partial charge in [-0.2, -0.15) is 0 Å². The van der Waals surface area contributed by atoms with Gasteiger partial charge in [-0.25, -0.2) is 0 Å². The zero-order chi connectivity index (χ0) is 15.5. The monoisotopic (exact) mass is 304 g/mol. The first-order chi connectivity index (χ1) is 9.95. The molecule has 0 fully saturated rings. The second-order valence-electron chi connectivity index (χ2n) is 5.96. The van der Waals surface area contributed by atoms with Crippen molar-refractivity contribution in [1.82, 2.24) is 0 Å². The quantitative estimate of drug-likeness (QED) is 0.692. The van der Waals surface area contributed by atoms with E-state index in [1.165, 1.54) is 0 Å². The minimum atomic E-state index is -0.0419. The Labute approximate surface area is 131 Å². The first kappa shape index (κ1) is 15.7. The largest absolute Gasteiger partial charge is 0.497 e. The molecule has 0 saturated heterocycles. The Morgan fingerprint density at radius 2 is 1.71 bits per heavy atom. The van der Waals surface area contributed by atoms with Crippen molar-refractivity contribution in [3.8, 4) is 17.2 Å². The fourth-order valence-electron chi connectivity index (χ4n) is 2.14. The highest BCUT2D eigenvalue weighted by Gasteiger charge is 2.20. The van der Waals surface area contributed by atoms with Gasteiger partial charge in [-0.3, -0.25) is 0 Å². The molecular formula is C18H21ClO2. The molecule has 3 heteroatoms. The van der Waals surface area contributed by atoms with Crippen molar-refractivity contribution in [3.05, 3.63) is 53.6 Å². The first-order valence-corrected chi connectivity index (χ1v) is 7.49. The molecule has 2 aromatic rings. The summed E-state index contributed by atoms with van der Waals surface area (Å²) in [6.45, 7) is 6.46. The van der Waals surface area contributed by atoms with E-state index in [9.17, 15) is 0 Å². The first-order valence-electron chi connectivity index (χ1n) is 6.96. The van der Waals surface area contributed by atoms with Crippen molar-refractivity contribution in [2.24, 2.45) is 0 Å². The molecule has 2 aromatic carbocycles. The lowest BCUT2D eigenvalue weighted by Crippen LogP contribution is -2.13. The molecule has 0 aliphatic heterocycles. The number of hydrogen-bond donors (Lipinski definition) is 0. The third kappa shape index (κ3) is 3.70. The lowest BCUT2D eigenvalue weighted by atomic mass is 9.86. The van der Waals surface area contributed by atoms with Gasteiger partial charge < -0.3 is 9.47 Å².